The van der Waals surface area contributed by atoms with E-state index < -0.39 is 16.0 Å². The third kappa shape index (κ3) is 2.51. The molecule has 2 rings (SSSR count). The molecule has 0 radical (unpaired) electrons. The van der Waals surface area contributed by atoms with Gasteiger partial charge >= 0.3 is 5.97 Å². The molecule has 0 amide bonds. The molecule has 0 saturated carbocycles. The maximum atomic E-state index is 12.5. The first kappa shape index (κ1) is 14.8. The lowest BCUT2D eigenvalue weighted by atomic mass is 10.0. The monoisotopic (exact) mass is 298 g/mol. The number of carboxylic acids is 1. The van der Waals surface area contributed by atoms with Gasteiger partial charge in [0.25, 0.3) is 0 Å². The standard InChI is InChI=1S/C13H18N2O4S/c1-8-6-15(7-9(8)2)20(18,19)12-4-3-10(13(16)17)5-11(12)14/h3-5,8-9H,6-7,14H2,1-2H3,(H,16,17). The Kier molecular flexibility index (Phi) is 3.75. The number of anilines is 1. The van der Waals surface area contributed by atoms with Gasteiger partial charge in [0, 0.05) is 13.1 Å². The summed E-state index contributed by atoms with van der Waals surface area (Å²) in [4.78, 5) is 10.8. The lowest BCUT2D eigenvalue weighted by Gasteiger charge is -2.17. The van der Waals surface area contributed by atoms with Crippen molar-refractivity contribution in [2.45, 2.75) is 18.7 Å². The van der Waals surface area contributed by atoms with Crippen molar-refractivity contribution in [2.24, 2.45) is 11.8 Å². The summed E-state index contributed by atoms with van der Waals surface area (Å²) in [6.07, 6.45) is 0. The fourth-order valence-electron chi connectivity index (χ4n) is 2.33. The van der Waals surface area contributed by atoms with E-state index in [0.717, 1.165) is 0 Å². The Morgan fingerprint density at radius 3 is 2.30 bits per heavy atom. The van der Waals surface area contributed by atoms with Crippen molar-refractivity contribution in [1.82, 2.24) is 4.31 Å². The minimum Gasteiger partial charge on any atom is -0.478 e. The van der Waals surface area contributed by atoms with Gasteiger partial charge in [-0.3, -0.25) is 0 Å². The third-order valence-electron chi connectivity index (χ3n) is 3.83. The van der Waals surface area contributed by atoms with Crippen LogP contribution in [0.25, 0.3) is 0 Å². The van der Waals surface area contributed by atoms with Gasteiger partial charge in [-0.05, 0) is 30.0 Å². The maximum absolute atomic E-state index is 12.5. The first-order valence-electron chi connectivity index (χ1n) is 6.36. The van der Waals surface area contributed by atoms with Crippen LogP contribution in [0, 0.1) is 11.8 Å². The Bertz CT molecular complexity index is 632. The van der Waals surface area contributed by atoms with E-state index in [9.17, 15) is 13.2 Å². The van der Waals surface area contributed by atoms with E-state index in [0.29, 0.717) is 24.9 Å². The van der Waals surface area contributed by atoms with Crippen LogP contribution in [0.3, 0.4) is 0 Å². The zero-order chi connectivity index (χ0) is 15.1. The largest absolute Gasteiger partial charge is 0.478 e. The van der Waals surface area contributed by atoms with Crippen LogP contribution in [0.5, 0.6) is 0 Å². The Hall–Kier alpha value is -1.60. The SMILES string of the molecule is CC1CN(S(=O)(=O)c2ccc(C(=O)O)cc2N)CC1C. The maximum Gasteiger partial charge on any atom is 0.335 e. The predicted octanol–water partition coefficient (Wildman–Crippen LogP) is 1.24. The molecule has 1 heterocycles. The number of nitrogen functional groups attached to an aromatic ring is 1. The minimum absolute atomic E-state index is 0.0235. The number of hydrogen-bond acceptors (Lipinski definition) is 4. The zero-order valence-corrected chi connectivity index (χ0v) is 12.2. The van der Waals surface area contributed by atoms with E-state index in [2.05, 4.69) is 0 Å². The molecule has 110 valence electrons. The number of nitrogens with zero attached hydrogens (tertiary/aromatic N) is 1. The Morgan fingerprint density at radius 1 is 1.30 bits per heavy atom. The molecule has 6 nitrogen and oxygen atoms in total. The van der Waals surface area contributed by atoms with Gasteiger partial charge in [-0.2, -0.15) is 4.31 Å². The van der Waals surface area contributed by atoms with Gasteiger partial charge in [-0.15, -0.1) is 0 Å². The van der Waals surface area contributed by atoms with Gasteiger partial charge < -0.3 is 10.8 Å². The molecular weight excluding hydrogens is 280 g/mol. The second-order valence-electron chi connectivity index (χ2n) is 5.33. The lowest BCUT2D eigenvalue weighted by molar-refractivity contribution is 0.0697. The molecule has 2 atom stereocenters. The Labute approximate surface area is 118 Å². The highest BCUT2D eigenvalue weighted by Gasteiger charge is 2.35. The minimum atomic E-state index is -3.66. The highest BCUT2D eigenvalue weighted by atomic mass is 32.2. The van der Waals surface area contributed by atoms with Crippen LogP contribution in [0.15, 0.2) is 23.1 Å². The summed E-state index contributed by atoms with van der Waals surface area (Å²) in [6, 6.07) is 3.70. The van der Waals surface area contributed by atoms with Gasteiger partial charge in [0.2, 0.25) is 10.0 Å². The third-order valence-corrected chi connectivity index (χ3v) is 5.73. The van der Waals surface area contributed by atoms with Gasteiger partial charge in [0.1, 0.15) is 4.90 Å². The van der Waals surface area contributed by atoms with Crippen molar-refractivity contribution in [1.29, 1.82) is 0 Å². The summed E-state index contributed by atoms with van der Waals surface area (Å²) >= 11 is 0. The first-order valence-corrected chi connectivity index (χ1v) is 7.80. The molecule has 1 aliphatic rings. The number of carboxylic acid groups (broad SMARTS) is 1. The van der Waals surface area contributed by atoms with Crippen molar-refractivity contribution < 1.29 is 18.3 Å². The van der Waals surface area contributed by atoms with Crippen LogP contribution in [0.2, 0.25) is 0 Å². The number of hydrogen-bond donors (Lipinski definition) is 2. The van der Waals surface area contributed by atoms with Gasteiger partial charge in [-0.1, -0.05) is 13.8 Å². The number of aromatic carboxylic acids is 1. The quantitative estimate of drug-likeness (QED) is 0.818. The van der Waals surface area contributed by atoms with Crippen LogP contribution in [-0.2, 0) is 10.0 Å². The molecule has 0 aromatic heterocycles. The molecule has 2 unspecified atom stereocenters. The predicted molar refractivity (Wildman–Crippen MR) is 74.9 cm³/mol. The summed E-state index contributed by atoms with van der Waals surface area (Å²) < 4.78 is 26.5. The van der Waals surface area contributed by atoms with E-state index in [4.69, 9.17) is 10.8 Å². The smallest absolute Gasteiger partial charge is 0.335 e. The van der Waals surface area contributed by atoms with Crippen molar-refractivity contribution >= 4 is 21.7 Å². The average Bonchev–Trinajstić information content (AvgIpc) is 2.69. The summed E-state index contributed by atoms with van der Waals surface area (Å²) in [5.74, 6) is -0.544. The number of rotatable bonds is 3. The number of nitrogens with two attached hydrogens (primary N) is 1. The molecule has 0 spiro atoms. The first-order chi connectivity index (χ1) is 9.23. The second-order valence-corrected chi connectivity index (χ2v) is 7.24. The lowest BCUT2D eigenvalue weighted by Crippen LogP contribution is -2.29. The number of benzene rings is 1. The molecule has 1 aromatic carbocycles. The van der Waals surface area contributed by atoms with Gasteiger partial charge in [0.15, 0.2) is 0 Å². The topological polar surface area (TPSA) is 101 Å². The number of carbonyl (C=O) groups is 1. The highest BCUT2D eigenvalue weighted by molar-refractivity contribution is 7.89. The summed E-state index contributed by atoms with van der Waals surface area (Å²) in [6.45, 7) is 4.95. The normalized spacial score (nSPS) is 23.9. The molecule has 20 heavy (non-hydrogen) atoms. The summed E-state index contributed by atoms with van der Waals surface area (Å²) in [7, 11) is -3.66. The van der Waals surface area contributed by atoms with Crippen molar-refractivity contribution in [3.8, 4) is 0 Å². The fourth-order valence-corrected chi connectivity index (χ4v) is 4.07. The van der Waals surface area contributed by atoms with Crippen LogP contribution >= 0.6 is 0 Å². The second kappa shape index (κ2) is 5.06. The van der Waals surface area contributed by atoms with Crippen LogP contribution in [-0.4, -0.2) is 36.9 Å². The Balaban J connectivity index is 2.38. The van der Waals surface area contributed by atoms with Crippen molar-refractivity contribution in [3.63, 3.8) is 0 Å². The molecule has 1 aromatic rings. The van der Waals surface area contributed by atoms with E-state index in [1.807, 2.05) is 13.8 Å². The molecule has 0 bridgehead atoms. The summed E-state index contributed by atoms with van der Waals surface area (Å²) in [5, 5.41) is 8.87. The molecule has 1 aliphatic heterocycles. The van der Waals surface area contributed by atoms with E-state index in [1.165, 1.54) is 22.5 Å². The van der Waals surface area contributed by atoms with E-state index >= 15 is 0 Å². The van der Waals surface area contributed by atoms with E-state index in [-0.39, 0.29) is 16.1 Å². The summed E-state index contributed by atoms with van der Waals surface area (Å²) in [5.41, 5.74) is 5.66. The molecule has 0 aliphatic carbocycles. The van der Waals surface area contributed by atoms with Crippen LogP contribution in [0.1, 0.15) is 24.2 Å². The van der Waals surface area contributed by atoms with Gasteiger partial charge in [-0.25, -0.2) is 13.2 Å². The van der Waals surface area contributed by atoms with Crippen LogP contribution < -0.4 is 5.73 Å². The fraction of sp³-hybridized carbons (Fsp3) is 0.462. The van der Waals surface area contributed by atoms with E-state index in [1.54, 1.807) is 0 Å². The molecule has 1 fully saturated rings. The number of sulfonamides is 1. The molecule has 7 heteroatoms. The average molecular weight is 298 g/mol. The van der Waals surface area contributed by atoms with Crippen molar-refractivity contribution in [2.75, 3.05) is 18.8 Å². The molecule has 1 saturated heterocycles. The molecule has 3 N–H and O–H groups in total. The van der Waals surface area contributed by atoms with Gasteiger partial charge in [0.05, 0.1) is 11.3 Å². The highest BCUT2D eigenvalue weighted by Crippen LogP contribution is 2.30. The van der Waals surface area contributed by atoms with Crippen molar-refractivity contribution in [3.05, 3.63) is 23.8 Å². The molecular formula is C13H18N2O4S. The zero-order valence-electron chi connectivity index (χ0n) is 11.4. The Morgan fingerprint density at radius 2 is 1.85 bits per heavy atom. The van der Waals surface area contributed by atoms with Crippen LogP contribution in [0.4, 0.5) is 5.69 Å².